The molecule has 1 unspecified atom stereocenters. The average molecular weight is 378 g/mol. The molecule has 0 spiro atoms. The minimum atomic E-state index is -0.307. The van der Waals surface area contributed by atoms with Crippen molar-refractivity contribution in [2.75, 3.05) is 18.9 Å². The van der Waals surface area contributed by atoms with E-state index in [-0.39, 0.29) is 24.2 Å². The van der Waals surface area contributed by atoms with Crippen LogP contribution in [0.4, 0.5) is 5.69 Å². The number of imidazole rings is 1. The number of likely N-dealkylation sites (tertiary alicyclic amines) is 1. The molecule has 1 aliphatic rings. The molecule has 1 fully saturated rings. The Morgan fingerprint density at radius 3 is 2.64 bits per heavy atom. The summed E-state index contributed by atoms with van der Waals surface area (Å²) >= 11 is 0. The van der Waals surface area contributed by atoms with Crippen molar-refractivity contribution in [2.24, 2.45) is 5.92 Å². The summed E-state index contributed by atoms with van der Waals surface area (Å²) in [6, 6.07) is 5.75. The van der Waals surface area contributed by atoms with Gasteiger partial charge in [0.25, 0.3) is 5.78 Å². The Hall–Kier alpha value is -3.29. The van der Waals surface area contributed by atoms with Crippen molar-refractivity contribution in [1.82, 2.24) is 24.5 Å². The van der Waals surface area contributed by atoms with Gasteiger partial charge in [0.2, 0.25) is 11.8 Å². The Bertz CT molecular complexity index is 1060. The molecule has 3 heterocycles. The Morgan fingerprint density at radius 1 is 1.18 bits per heavy atom. The molecule has 8 nitrogen and oxygen atoms in total. The second-order valence-electron chi connectivity index (χ2n) is 7.35. The van der Waals surface area contributed by atoms with E-state index in [2.05, 4.69) is 20.4 Å². The van der Waals surface area contributed by atoms with Crippen molar-refractivity contribution in [3.63, 3.8) is 0 Å². The van der Waals surface area contributed by atoms with Crippen LogP contribution in [0.15, 0.2) is 24.4 Å². The number of anilines is 1. The zero-order valence-electron chi connectivity index (χ0n) is 16.4. The molecule has 28 heavy (non-hydrogen) atoms. The van der Waals surface area contributed by atoms with Crippen LogP contribution in [0.2, 0.25) is 0 Å². The fourth-order valence-corrected chi connectivity index (χ4v) is 3.35. The summed E-state index contributed by atoms with van der Waals surface area (Å²) in [6.07, 6.45) is 2.11. The van der Waals surface area contributed by atoms with Crippen LogP contribution in [0.25, 0.3) is 17.0 Å². The maximum Gasteiger partial charge on any atom is 0.251 e. The van der Waals surface area contributed by atoms with E-state index >= 15 is 0 Å². The summed E-state index contributed by atoms with van der Waals surface area (Å²) in [5.74, 6) is 0.134. The average Bonchev–Trinajstić information content (AvgIpc) is 3.20. The summed E-state index contributed by atoms with van der Waals surface area (Å²) < 4.78 is 1.68. The highest BCUT2D eigenvalue weighted by Crippen LogP contribution is 2.26. The van der Waals surface area contributed by atoms with Crippen LogP contribution in [0.1, 0.15) is 23.4 Å². The zero-order chi connectivity index (χ0) is 20.0. The normalized spacial score (nSPS) is 16.8. The lowest BCUT2D eigenvalue weighted by Gasteiger charge is -2.13. The van der Waals surface area contributed by atoms with Gasteiger partial charge >= 0.3 is 0 Å². The van der Waals surface area contributed by atoms with Gasteiger partial charge in [-0.1, -0.05) is 6.07 Å². The molecule has 2 amide bonds. The summed E-state index contributed by atoms with van der Waals surface area (Å²) in [4.78, 5) is 34.7. The summed E-state index contributed by atoms with van der Waals surface area (Å²) in [5.41, 5.74) is 5.08. The maximum absolute atomic E-state index is 12.5. The van der Waals surface area contributed by atoms with E-state index < -0.39 is 0 Å². The van der Waals surface area contributed by atoms with Gasteiger partial charge in [-0.2, -0.15) is 5.10 Å². The standard InChI is InChI=1S/C20H22N6O2/c1-11-7-14(17-10-26-20(23-17)21-12(2)13(3)24-26)5-6-16(11)22-19(28)15-8-18(27)25(4)9-15/h5-7,10,15H,8-9H2,1-4H3,(H,22,28). The van der Waals surface area contributed by atoms with Gasteiger partial charge < -0.3 is 10.2 Å². The van der Waals surface area contributed by atoms with Crippen molar-refractivity contribution < 1.29 is 9.59 Å². The van der Waals surface area contributed by atoms with Crippen molar-refractivity contribution in [3.8, 4) is 11.3 Å². The van der Waals surface area contributed by atoms with Crippen LogP contribution in [0.3, 0.4) is 0 Å². The molecule has 144 valence electrons. The topological polar surface area (TPSA) is 92.5 Å². The number of hydrogen-bond acceptors (Lipinski definition) is 5. The second kappa shape index (κ2) is 6.70. The lowest BCUT2D eigenvalue weighted by molar-refractivity contribution is -0.127. The van der Waals surface area contributed by atoms with E-state index in [4.69, 9.17) is 0 Å². The van der Waals surface area contributed by atoms with Gasteiger partial charge in [0.15, 0.2) is 0 Å². The fourth-order valence-electron chi connectivity index (χ4n) is 3.35. The first-order valence-corrected chi connectivity index (χ1v) is 9.18. The van der Waals surface area contributed by atoms with Gasteiger partial charge in [0, 0.05) is 31.3 Å². The highest BCUT2D eigenvalue weighted by atomic mass is 16.2. The number of nitrogens with one attached hydrogen (secondary N) is 1. The van der Waals surface area contributed by atoms with Crippen LogP contribution in [-0.4, -0.2) is 49.9 Å². The molecule has 0 saturated carbocycles. The van der Waals surface area contributed by atoms with Gasteiger partial charge in [-0.3, -0.25) is 9.59 Å². The lowest BCUT2D eigenvalue weighted by Crippen LogP contribution is -2.26. The van der Waals surface area contributed by atoms with Crippen LogP contribution < -0.4 is 5.32 Å². The molecule has 2 aromatic heterocycles. The summed E-state index contributed by atoms with van der Waals surface area (Å²) in [6.45, 7) is 6.22. The number of aromatic nitrogens is 4. The second-order valence-corrected chi connectivity index (χ2v) is 7.35. The lowest BCUT2D eigenvalue weighted by atomic mass is 10.1. The number of carbonyl (C=O) groups is 2. The largest absolute Gasteiger partial charge is 0.345 e. The molecule has 1 aliphatic heterocycles. The van der Waals surface area contributed by atoms with E-state index in [9.17, 15) is 9.59 Å². The molecule has 8 heteroatoms. The third-order valence-electron chi connectivity index (χ3n) is 5.21. The number of fused-ring (bicyclic) bond motifs is 1. The quantitative estimate of drug-likeness (QED) is 0.754. The van der Waals surface area contributed by atoms with Crippen molar-refractivity contribution in [1.29, 1.82) is 0 Å². The molecule has 3 aromatic rings. The molecular weight excluding hydrogens is 356 g/mol. The smallest absolute Gasteiger partial charge is 0.251 e. The molecule has 0 aliphatic carbocycles. The number of aryl methyl sites for hydroxylation is 3. The van der Waals surface area contributed by atoms with Crippen LogP contribution >= 0.6 is 0 Å². The fraction of sp³-hybridized carbons (Fsp3) is 0.350. The first kappa shape index (κ1) is 18.1. The molecule has 1 N–H and O–H groups in total. The molecule has 1 aromatic carbocycles. The van der Waals surface area contributed by atoms with Gasteiger partial charge in [-0.05, 0) is 38.5 Å². The van der Waals surface area contributed by atoms with E-state index in [1.165, 1.54) is 0 Å². The van der Waals surface area contributed by atoms with Crippen molar-refractivity contribution in [3.05, 3.63) is 41.3 Å². The molecule has 0 bridgehead atoms. The monoisotopic (exact) mass is 378 g/mol. The van der Waals surface area contributed by atoms with Gasteiger partial charge in [0.1, 0.15) is 0 Å². The molecule has 4 rings (SSSR count). The number of carbonyl (C=O) groups excluding carboxylic acids is 2. The van der Waals surface area contributed by atoms with Crippen molar-refractivity contribution in [2.45, 2.75) is 27.2 Å². The summed E-state index contributed by atoms with van der Waals surface area (Å²) in [5, 5.41) is 7.41. The van der Waals surface area contributed by atoms with E-state index in [0.717, 1.165) is 33.9 Å². The predicted octanol–water partition coefficient (Wildman–Crippen LogP) is 2.13. The molecule has 1 atom stereocenters. The molecule has 0 radical (unpaired) electrons. The first-order valence-electron chi connectivity index (χ1n) is 9.18. The number of nitrogens with zero attached hydrogens (tertiary/aromatic N) is 5. The third kappa shape index (κ3) is 3.21. The SMILES string of the molecule is Cc1cc(-c2cn3nc(C)c(C)nc3n2)ccc1NC(=O)C1CC(=O)N(C)C1. The van der Waals surface area contributed by atoms with Crippen LogP contribution in [-0.2, 0) is 9.59 Å². The first-order chi connectivity index (χ1) is 13.3. The zero-order valence-corrected chi connectivity index (χ0v) is 16.4. The van der Waals surface area contributed by atoms with Crippen molar-refractivity contribution >= 4 is 23.3 Å². The number of hydrogen-bond donors (Lipinski definition) is 1. The minimum Gasteiger partial charge on any atom is -0.345 e. The van der Waals surface area contributed by atoms with Crippen LogP contribution in [0, 0.1) is 26.7 Å². The number of rotatable bonds is 3. The van der Waals surface area contributed by atoms with E-state index in [0.29, 0.717) is 12.3 Å². The highest BCUT2D eigenvalue weighted by molar-refractivity contribution is 5.97. The molecular formula is C20H22N6O2. The van der Waals surface area contributed by atoms with E-state index in [1.807, 2.05) is 45.2 Å². The van der Waals surface area contributed by atoms with Gasteiger partial charge in [0.05, 0.1) is 29.2 Å². The molecule has 1 saturated heterocycles. The number of amides is 2. The third-order valence-corrected chi connectivity index (χ3v) is 5.21. The Labute approximate surface area is 162 Å². The Balaban J connectivity index is 1.56. The summed E-state index contributed by atoms with van der Waals surface area (Å²) in [7, 11) is 1.72. The number of benzene rings is 1. The minimum absolute atomic E-state index is 0.00626. The Kier molecular flexibility index (Phi) is 4.33. The van der Waals surface area contributed by atoms with Gasteiger partial charge in [-0.15, -0.1) is 0 Å². The van der Waals surface area contributed by atoms with E-state index in [1.54, 1.807) is 16.5 Å². The van der Waals surface area contributed by atoms with Crippen LogP contribution in [0.5, 0.6) is 0 Å². The predicted molar refractivity (Wildman–Crippen MR) is 105 cm³/mol. The highest BCUT2D eigenvalue weighted by Gasteiger charge is 2.32. The maximum atomic E-state index is 12.5. The van der Waals surface area contributed by atoms with Gasteiger partial charge in [-0.25, -0.2) is 14.5 Å². The Morgan fingerprint density at radius 2 is 1.96 bits per heavy atom.